The summed E-state index contributed by atoms with van der Waals surface area (Å²) < 4.78 is 5.17. The molecule has 1 atom stereocenters. The van der Waals surface area contributed by atoms with Gasteiger partial charge in [-0.15, -0.1) is 0 Å². The van der Waals surface area contributed by atoms with E-state index < -0.39 is 0 Å². The number of hydrogen-bond donors (Lipinski definition) is 2. The quantitative estimate of drug-likeness (QED) is 0.674. The van der Waals surface area contributed by atoms with E-state index >= 15 is 0 Å². The molecule has 1 unspecified atom stereocenters. The van der Waals surface area contributed by atoms with Crippen LogP contribution in [0.25, 0.3) is 0 Å². The van der Waals surface area contributed by atoms with E-state index in [0.29, 0.717) is 13.0 Å². The zero-order valence-corrected chi connectivity index (χ0v) is 12.5. The summed E-state index contributed by atoms with van der Waals surface area (Å²) >= 11 is 0. The van der Waals surface area contributed by atoms with Crippen LogP contribution in [0.2, 0.25) is 0 Å². The van der Waals surface area contributed by atoms with E-state index in [0.717, 1.165) is 44.7 Å². The summed E-state index contributed by atoms with van der Waals surface area (Å²) in [7, 11) is 1.69. The number of amides is 1. The van der Waals surface area contributed by atoms with Crippen LogP contribution < -0.4 is 10.6 Å². The summed E-state index contributed by atoms with van der Waals surface area (Å²) in [5.74, 6) is 0.917. The number of hydrogen-bond acceptors (Lipinski definition) is 3. The molecule has 1 aliphatic rings. The number of carbonyl (C=O) groups excluding carboxylic acids is 1. The van der Waals surface area contributed by atoms with Crippen molar-refractivity contribution in [2.75, 3.05) is 26.8 Å². The maximum absolute atomic E-state index is 12.0. The third kappa shape index (κ3) is 7.53. The van der Waals surface area contributed by atoms with Crippen molar-refractivity contribution in [1.29, 1.82) is 0 Å². The second-order valence-electron chi connectivity index (χ2n) is 5.59. The number of nitrogens with one attached hydrogen (secondary N) is 2. The van der Waals surface area contributed by atoms with Gasteiger partial charge in [-0.05, 0) is 44.7 Å². The van der Waals surface area contributed by atoms with Gasteiger partial charge in [0.05, 0.1) is 12.6 Å². The van der Waals surface area contributed by atoms with Gasteiger partial charge in [0.2, 0.25) is 5.91 Å². The molecule has 1 heterocycles. The Bertz CT molecular complexity index is 240. The van der Waals surface area contributed by atoms with E-state index in [1.165, 1.54) is 12.8 Å². The fourth-order valence-corrected chi connectivity index (χ4v) is 2.65. The van der Waals surface area contributed by atoms with E-state index in [-0.39, 0.29) is 11.9 Å². The Balaban J connectivity index is 2.18. The lowest BCUT2D eigenvalue weighted by molar-refractivity contribution is -0.122. The zero-order chi connectivity index (χ0) is 13.9. The largest absolute Gasteiger partial charge is 0.383 e. The van der Waals surface area contributed by atoms with Crippen LogP contribution in [0.4, 0.5) is 0 Å². The van der Waals surface area contributed by atoms with Crippen LogP contribution in [0.15, 0.2) is 0 Å². The van der Waals surface area contributed by atoms with Gasteiger partial charge in [-0.3, -0.25) is 4.79 Å². The first-order chi connectivity index (χ1) is 9.26. The number of rotatable bonds is 9. The lowest BCUT2D eigenvalue weighted by atomic mass is 9.93. The lowest BCUT2D eigenvalue weighted by Crippen LogP contribution is -2.38. The summed E-state index contributed by atoms with van der Waals surface area (Å²) in [4.78, 5) is 12.0. The molecule has 0 aromatic heterocycles. The number of carbonyl (C=O) groups is 1. The summed E-state index contributed by atoms with van der Waals surface area (Å²) in [6.45, 7) is 5.01. The molecule has 0 aromatic rings. The SMILES string of the molecule is CCCCC(COC)NC(=O)CCC1CCNCC1. The van der Waals surface area contributed by atoms with Crippen molar-refractivity contribution in [2.45, 2.75) is 57.9 Å². The Hall–Kier alpha value is -0.610. The molecule has 1 saturated heterocycles. The average Bonchev–Trinajstić information content (AvgIpc) is 2.44. The Morgan fingerprint density at radius 3 is 2.79 bits per heavy atom. The van der Waals surface area contributed by atoms with Crippen molar-refractivity contribution >= 4 is 5.91 Å². The average molecular weight is 270 g/mol. The molecule has 1 fully saturated rings. The smallest absolute Gasteiger partial charge is 0.220 e. The summed E-state index contributed by atoms with van der Waals surface area (Å²) in [5.41, 5.74) is 0. The van der Waals surface area contributed by atoms with Crippen molar-refractivity contribution in [2.24, 2.45) is 5.92 Å². The highest BCUT2D eigenvalue weighted by molar-refractivity contribution is 5.76. The zero-order valence-electron chi connectivity index (χ0n) is 12.5. The second kappa shape index (κ2) is 10.2. The normalized spacial score (nSPS) is 18.2. The molecule has 4 heteroatoms. The summed E-state index contributed by atoms with van der Waals surface area (Å²) in [6, 6.07) is 0.186. The van der Waals surface area contributed by atoms with Crippen LogP contribution in [0.1, 0.15) is 51.9 Å². The van der Waals surface area contributed by atoms with Crippen LogP contribution >= 0.6 is 0 Å². The fraction of sp³-hybridized carbons (Fsp3) is 0.933. The van der Waals surface area contributed by atoms with Gasteiger partial charge in [0.1, 0.15) is 0 Å². The number of unbranched alkanes of at least 4 members (excludes halogenated alkanes) is 1. The monoisotopic (exact) mass is 270 g/mol. The molecule has 1 aliphatic heterocycles. The van der Waals surface area contributed by atoms with Crippen molar-refractivity contribution in [1.82, 2.24) is 10.6 Å². The number of piperidine rings is 1. The molecular formula is C15H30N2O2. The first-order valence-electron chi connectivity index (χ1n) is 7.75. The Labute approximate surface area is 117 Å². The topological polar surface area (TPSA) is 50.4 Å². The molecule has 0 aliphatic carbocycles. The van der Waals surface area contributed by atoms with Gasteiger partial charge in [-0.1, -0.05) is 19.8 Å². The molecule has 2 N–H and O–H groups in total. The van der Waals surface area contributed by atoms with Gasteiger partial charge in [-0.25, -0.2) is 0 Å². The first kappa shape index (κ1) is 16.4. The molecule has 0 aromatic carbocycles. The van der Waals surface area contributed by atoms with Crippen LogP contribution in [0.5, 0.6) is 0 Å². The molecule has 1 amide bonds. The van der Waals surface area contributed by atoms with Gasteiger partial charge >= 0.3 is 0 Å². The van der Waals surface area contributed by atoms with Crippen LogP contribution in [-0.2, 0) is 9.53 Å². The standard InChI is InChI=1S/C15H30N2O2/c1-3-4-5-14(12-19-2)17-15(18)7-6-13-8-10-16-11-9-13/h13-14,16H,3-12H2,1-2H3,(H,17,18). The minimum atomic E-state index is 0.186. The Morgan fingerprint density at radius 2 is 2.16 bits per heavy atom. The van der Waals surface area contributed by atoms with Crippen molar-refractivity contribution in [3.63, 3.8) is 0 Å². The minimum absolute atomic E-state index is 0.186. The molecule has 0 bridgehead atoms. The van der Waals surface area contributed by atoms with Gasteiger partial charge in [-0.2, -0.15) is 0 Å². The predicted octanol–water partition coefficient (Wildman–Crippen LogP) is 2.09. The molecule has 0 radical (unpaired) electrons. The number of ether oxygens (including phenoxy) is 1. The molecule has 19 heavy (non-hydrogen) atoms. The fourth-order valence-electron chi connectivity index (χ4n) is 2.65. The minimum Gasteiger partial charge on any atom is -0.383 e. The summed E-state index contributed by atoms with van der Waals surface area (Å²) in [5, 5.41) is 6.47. The highest BCUT2D eigenvalue weighted by atomic mass is 16.5. The van der Waals surface area contributed by atoms with Crippen molar-refractivity contribution < 1.29 is 9.53 Å². The maximum Gasteiger partial charge on any atom is 0.220 e. The summed E-state index contributed by atoms with van der Waals surface area (Å²) in [6.07, 6.45) is 7.43. The Kier molecular flexibility index (Phi) is 8.84. The third-order valence-electron chi connectivity index (χ3n) is 3.88. The van der Waals surface area contributed by atoms with E-state index in [1.807, 2.05) is 0 Å². The molecule has 0 spiro atoms. The van der Waals surface area contributed by atoms with Crippen molar-refractivity contribution in [3.05, 3.63) is 0 Å². The van der Waals surface area contributed by atoms with E-state index in [1.54, 1.807) is 7.11 Å². The molecule has 112 valence electrons. The van der Waals surface area contributed by atoms with E-state index in [9.17, 15) is 4.79 Å². The predicted molar refractivity (Wildman–Crippen MR) is 78.2 cm³/mol. The van der Waals surface area contributed by atoms with Gasteiger partial charge in [0.15, 0.2) is 0 Å². The molecule has 4 nitrogen and oxygen atoms in total. The first-order valence-corrected chi connectivity index (χ1v) is 7.75. The highest BCUT2D eigenvalue weighted by Crippen LogP contribution is 2.17. The Morgan fingerprint density at radius 1 is 1.42 bits per heavy atom. The van der Waals surface area contributed by atoms with Crippen LogP contribution in [-0.4, -0.2) is 38.8 Å². The number of methoxy groups -OCH3 is 1. The van der Waals surface area contributed by atoms with Gasteiger partial charge in [0.25, 0.3) is 0 Å². The third-order valence-corrected chi connectivity index (χ3v) is 3.88. The molecular weight excluding hydrogens is 240 g/mol. The van der Waals surface area contributed by atoms with Gasteiger partial charge in [0, 0.05) is 13.5 Å². The van der Waals surface area contributed by atoms with E-state index in [4.69, 9.17) is 4.74 Å². The molecule has 0 saturated carbocycles. The van der Waals surface area contributed by atoms with E-state index in [2.05, 4.69) is 17.6 Å². The van der Waals surface area contributed by atoms with Gasteiger partial charge < -0.3 is 15.4 Å². The molecule has 1 rings (SSSR count). The van der Waals surface area contributed by atoms with Crippen molar-refractivity contribution in [3.8, 4) is 0 Å². The lowest BCUT2D eigenvalue weighted by Gasteiger charge is -2.23. The highest BCUT2D eigenvalue weighted by Gasteiger charge is 2.16. The maximum atomic E-state index is 12.0. The van der Waals surface area contributed by atoms with Crippen LogP contribution in [0.3, 0.4) is 0 Å². The second-order valence-corrected chi connectivity index (χ2v) is 5.59. The van der Waals surface area contributed by atoms with Crippen LogP contribution in [0, 0.1) is 5.92 Å².